The quantitative estimate of drug-likeness (QED) is 0.325. The number of aromatic nitrogens is 3. The van der Waals surface area contributed by atoms with E-state index in [0.29, 0.717) is 6.54 Å². The summed E-state index contributed by atoms with van der Waals surface area (Å²) in [5.41, 5.74) is 13.5. The van der Waals surface area contributed by atoms with Crippen LogP contribution in [0.25, 0.3) is 33.6 Å². The molecule has 1 unspecified atom stereocenters. The second-order valence-corrected chi connectivity index (χ2v) is 9.93. The van der Waals surface area contributed by atoms with E-state index in [-0.39, 0.29) is 17.7 Å². The number of hydrogen-bond acceptors (Lipinski definition) is 3. The molecular weight excluding hydrogens is 468 g/mol. The molecular formula is C30H29F2N5. The van der Waals surface area contributed by atoms with Crippen molar-refractivity contribution in [3.05, 3.63) is 102 Å². The van der Waals surface area contributed by atoms with E-state index in [2.05, 4.69) is 32.6 Å². The van der Waals surface area contributed by atoms with Gasteiger partial charge in [0, 0.05) is 59.7 Å². The molecule has 37 heavy (non-hydrogen) atoms. The minimum atomic E-state index is -0.287. The number of fused-ring (bicyclic) bond motifs is 2. The molecule has 0 amide bonds. The molecule has 6 rings (SSSR count). The SMILES string of the molecule is C=C(c1ccn2c(C)c(-c3cc4cc(F)ccc4n3Cc3ccc(F)cc3)nc2c1)N1CCCC(N)C1. The molecule has 2 aromatic carbocycles. The number of rotatable bonds is 5. The van der Waals surface area contributed by atoms with Gasteiger partial charge in [-0.05, 0) is 73.9 Å². The van der Waals surface area contributed by atoms with E-state index in [4.69, 9.17) is 10.7 Å². The van der Waals surface area contributed by atoms with Crippen LogP contribution in [0, 0.1) is 18.6 Å². The minimum Gasteiger partial charge on any atom is -0.370 e. The summed E-state index contributed by atoms with van der Waals surface area (Å²) < 4.78 is 31.8. The fourth-order valence-corrected chi connectivity index (χ4v) is 5.41. The van der Waals surface area contributed by atoms with Crippen LogP contribution in [0.3, 0.4) is 0 Å². The van der Waals surface area contributed by atoms with E-state index in [9.17, 15) is 8.78 Å². The Morgan fingerprint density at radius 1 is 1.05 bits per heavy atom. The van der Waals surface area contributed by atoms with Crippen molar-refractivity contribution in [3.8, 4) is 11.4 Å². The van der Waals surface area contributed by atoms with Gasteiger partial charge >= 0.3 is 0 Å². The Hall–Kier alpha value is -3.97. The van der Waals surface area contributed by atoms with Crippen LogP contribution >= 0.6 is 0 Å². The van der Waals surface area contributed by atoms with E-state index < -0.39 is 0 Å². The second kappa shape index (κ2) is 9.16. The number of halogens is 2. The number of likely N-dealkylation sites (tertiary alicyclic amines) is 1. The molecule has 5 aromatic rings. The molecule has 1 fully saturated rings. The van der Waals surface area contributed by atoms with Gasteiger partial charge in [0.1, 0.15) is 23.0 Å². The Morgan fingerprint density at radius 3 is 2.62 bits per heavy atom. The van der Waals surface area contributed by atoms with E-state index in [0.717, 1.165) is 76.4 Å². The number of aryl methyl sites for hydroxylation is 1. The summed E-state index contributed by atoms with van der Waals surface area (Å²) in [7, 11) is 0. The molecule has 188 valence electrons. The predicted octanol–water partition coefficient (Wildman–Crippen LogP) is 5.98. The number of nitrogens with zero attached hydrogens (tertiary/aromatic N) is 4. The van der Waals surface area contributed by atoms with Crippen molar-refractivity contribution in [2.24, 2.45) is 5.73 Å². The van der Waals surface area contributed by atoms with E-state index in [1.165, 1.54) is 24.3 Å². The van der Waals surface area contributed by atoms with Gasteiger partial charge < -0.3 is 19.6 Å². The van der Waals surface area contributed by atoms with Crippen LogP contribution in [0.15, 0.2) is 73.4 Å². The number of benzene rings is 2. The number of nitrogens with two attached hydrogens (primary N) is 1. The number of imidazole rings is 1. The lowest BCUT2D eigenvalue weighted by Crippen LogP contribution is -2.41. The maximum Gasteiger partial charge on any atom is 0.138 e. The highest BCUT2D eigenvalue weighted by Crippen LogP contribution is 2.32. The maximum absolute atomic E-state index is 14.1. The lowest BCUT2D eigenvalue weighted by molar-refractivity contribution is 0.296. The van der Waals surface area contributed by atoms with E-state index in [1.54, 1.807) is 18.2 Å². The molecule has 1 aliphatic heterocycles. The average molecular weight is 498 g/mol. The fourth-order valence-electron chi connectivity index (χ4n) is 5.41. The van der Waals surface area contributed by atoms with Crippen LogP contribution in [0.1, 0.15) is 29.7 Å². The average Bonchev–Trinajstić information content (AvgIpc) is 3.41. The highest BCUT2D eigenvalue weighted by Gasteiger charge is 2.21. The van der Waals surface area contributed by atoms with Crippen LogP contribution < -0.4 is 5.73 Å². The molecule has 0 radical (unpaired) electrons. The van der Waals surface area contributed by atoms with Gasteiger partial charge in [-0.2, -0.15) is 0 Å². The van der Waals surface area contributed by atoms with Gasteiger partial charge in [0.15, 0.2) is 0 Å². The Morgan fingerprint density at radius 2 is 1.84 bits per heavy atom. The van der Waals surface area contributed by atoms with Crippen molar-refractivity contribution in [3.63, 3.8) is 0 Å². The Bertz CT molecular complexity index is 1630. The molecule has 3 aromatic heterocycles. The lowest BCUT2D eigenvalue weighted by Gasteiger charge is -2.34. The standard InChI is InChI=1S/C30H29F2N5/c1-19(35-12-3-4-26(33)18-35)22-11-13-36-20(2)30(34-29(36)16-22)28-15-23-14-25(32)9-10-27(23)37(28)17-21-5-7-24(31)8-6-21/h5-11,13-16,26H,1,3-4,12,17-18,33H2,2H3. The first-order chi connectivity index (χ1) is 17.9. The van der Waals surface area contributed by atoms with Crippen molar-refractivity contribution < 1.29 is 8.78 Å². The summed E-state index contributed by atoms with van der Waals surface area (Å²) in [5, 5.41) is 0.795. The smallest absolute Gasteiger partial charge is 0.138 e. The van der Waals surface area contributed by atoms with Gasteiger partial charge in [-0.3, -0.25) is 0 Å². The third-order valence-corrected chi connectivity index (χ3v) is 7.40. The minimum absolute atomic E-state index is 0.169. The number of pyridine rings is 1. The zero-order valence-electron chi connectivity index (χ0n) is 20.8. The summed E-state index contributed by atoms with van der Waals surface area (Å²) in [4.78, 5) is 7.28. The first kappa shape index (κ1) is 23.4. The van der Waals surface area contributed by atoms with Crippen LogP contribution in [-0.4, -0.2) is 38.0 Å². The Labute approximate surface area is 214 Å². The van der Waals surface area contributed by atoms with Crippen LogP contribution in [0.4, 0.5) is 8.78 Å². The predicted molar refractivity (Wildman–Crippen MR) is 144 cm³/mol. The first-order valence-corrected chi connectivity index (χ1v) is 12.6. The maximum atomic E-state index is 14.1. The fraction of sp³-hybridized carbons (Fsp3) is 0.233. The van der Waals surface area contributed by atoms with Crippen molar-refractivity contribution >= 4 is 22.2 Å². The summed E-state index contributed by atoms with van der Waals surface area (Å²) >= 11 is 0. The highest BCUT2D eigenvalue weighted by atomic mass is 19.1. The third-order valence-electron chi connectivity index (χ3n) is 7.40. The molecule has 0 saturated carbocycles. The highest BCUT2D eigenvalue weighted by molar-refractivity contribution is 5.87. The first-order valence-electron chi connectivity index (χ1n) is 12.6. The van der Waals surface area contributed by atoms with E-state index in [1.807, 2.05) is 19.2 Å². The monoisotopic (exact) mass is 497 g/mol. The van der Waals surface area contributed by atoms with Crippen LogP contribution in [0.5, 0.6) is 0 Å². The van der Waals surface area contributed by atoms with Crippen molar-refractivity contribution in [2.45, 2.75) is 32.4 Å². The zero-order valence-corrected chi connectivity index (χ0v) is 20.8. The molecule has 4 heterocycles. The summed E-state index contributed by atoms with van der Waals surface area (Å²) in [6.45, 7) is 8.66. The largest absolute Gasteiger partial charge is 0.370 e. The summed E-state index contributed by atoms with van der Waals surface area (Å²) in [5.74, 6) is -0.561. The van der Waals surface area contributed by atoms with Gasteiger partial charge in [-0.1, -0.05) is 18.7 Å². The number of hydrogen-bond donors (Lipinski definition) is 1. The molecule has 1 saturated heterocycles. The molecule has 5 nitrogen and oxygen atoms in total. The zero-order chi connectivity index (χ0) is 25.7. The molecule has 2 N–H and O–H groups in total. The molecule has 1 atom stereocenters. The Balaban J connectivity index is 1.44. The van der Waals surface area contributed by atoms with Gasteiger partial charge in [0.25, 0.3) is 0 Å². The van der Waals surface area contributed by atoms with Gasteiger partial charge in [0.05, 0.1) is 5.69 Å². The van der Waals surface area contributed by atoms with Gasteiger partial charge in [0.2, 0.25) is 0 Å². The molecule has 7 heteroatoms. The van der Waals surface area contributed by atoms with Crippen molar-refractivity contribution in [1.29, 1.82) is 0 Å². The lowest BCUT2D eigenvalue weighted by atomic mass is 10.0. The topological polar surface area (TPSA) is 51.5 Å². The molecule has 1 aliphatic rings. The van der Waals surface area contributed by atoms with Gasteiger partial charge in [-0.25, -0.2) is 13.8 Å². The van der Waals surface area contributed by atoms with Crippen LogP contribution in [0.2, 0.25) is 0 Å². The van der Waals surface area contributed by atoms with Gasteiger partial charge in [-0.15, -0.1) is 0 Å². The summed E-state index contributed by atoms with van der Waals surface area (Å²) in [6.07, 6.45) is 4.13. The molecule has 0 bridgehead atoms. The van der Waals surface area contributed by atoms with Crippen LogP contribution in [-0.2, 0) is 6.54 Å². The Kier molecular flexibility index (Phi) is 5.80. The normalized spacial score (nSPS) is 16.1. The van der Waals surface area contributed by atoms with E-state index >= 15 is 0 Å². The van der Waals surface area contributed by atoms with Crippen molar-refractivity contribution in [2.75, 3.05) is 13.1 Å². The third kappa shape index (κ3) is 4.29. The summed E-state index contributed by atoms with van der Waals surface area (Å²) in [6, 6.07) is 17.5. The number of piperidine rings is 1. The second-order valence-electron chi connectivity index (χ2n) is 9.93. The van der Waals surface area contributed by atoms with Crippen molar-refractivity contribution in [1.82, 2.24) is 18.9 Å². The molecule has 0 aliphatic carbocycles. The molecule has 0 spiro atoms.